The van der Waals surface area contributed by atoms with Gasteiger partial charge in [-0.2, -0.15) is 0 Å². The van der Waals surface area contributed by atoms with Gasteiger partial charge in [-0.1, -0.05) is 140 Å². The van der Waals surface area contributed by atoms with Gasteiger partial charge in [0.2, 0.25) is 0 Å². The van der Waals surface area contributed by atoms with Crippen molar-refractivity contribution in [2.24, 2.45) is 0 Å². The van der Waals surface area contributed by atoms with Gasteiger partial charge in [-0.25, -0.2) is 0 Å². The lowest BCUT2D eigenvalue weighted by atomic mass is 9.99. The minimum atomic E-state index is -0.204. The molecule has 8 aromatic rings. The van der Waals surface area contributed by atoms with E-state index in [2.05, 4.69) is 186 Å². The van der Waals surface area contributed by atoms with Gasteiger partial charge in [0.25, 0.3) is 0 Å². The Morgan fingerprint density at radius 2 is 1.08 bits per heavy atom. The minimum Gasteiger partial charge on any atom is -0.464 e. The van der Waals surface area contributed by atoms with Crippen LogP contribution in [0.4, 0.5) is 17.1 Å². The second kappa shape index (κ2) is 11.5. The van der Waals surface area contributed by atoms with Crippen LogP contribution >= 0.6 is 0 Å². The number of rotatable bonds is 6. The fraction of sp³-hybridized carbons (Fsp3) is 0.0213. The van der Waals surface area contributed by atoms with Crippen LogP contribution in [0, 0.1) is 0 Å². The first kappa shape index (κ1) is 28.4. The summed E-state index contributed by atoms with van der Waals surface area (Å²) in [6.07, 6.45) is -0.204. The van der Waals surface area contributed by atoms with Crippen molar-refractivity contribution in [2.45, 2.75) is 6.23 Å². The number of ether oxygens (including phenoxy) is 1. The van der Waals surface area contributed by atoms with Crippen LogP contribution < -0.4 is 10.2 Å². The summed E-state index contributed by atoms with van der Waals surface area (Å²) < 4.78 is 6.61. The molecule has 3 heteroatoms. The molecule has 0 amide bonds. The normalized spacial score (nSPS) is 14.4. The molecule has 10 rings (SSSR count). The largest absolute Gasteiger partial charge is 0.464 e. The van der Waals surface area contributed by atoms with E-state index in [1.165, 1.54) is 49.4 Å². The molecule has 1 atom stereocenters. The smallest absolute Gasteiger partial charge is 0.196 e. The number of nitrogens with zero attached hydrogens (tertiary/aromatic N) is 1. The van der Waals surface area contributed by atoms with E-state index in [-0.39, 0.29) is 6.23 Å². The lowest BCUT2D eigenvalue weighted by Gasteiger charge is -2.28. The molecule has 0 saturated heterocycles. The van der Waals surface area contributed by atoms with Gasteiger partial charge in [0.1, 0.15) is 0 Å². The fourth-order valence-corrected chi connectivity index (χ4v) is 7.60. The van der Waals surface area contributed by atoms with Gasteiger partial charge in [-0.3, -0.25) is 0 Å². The van der Waals surface area contributed by atoms with Crippen LogP contribution in [0.1, 0.15) is 22.9 Å². The molecular formula is C47H32N2O. The van der Waals surface area contributed by atoms with Gasteiger partial charge in [0, 0.05) is 38.8 Å². The van der Waals surface area contributed by atoms with Crippen molar-refractivity contribution >= 4 is 50.1 Å². The van der Waals surface area contributed by atoms with Crippen molar-refractivity contribution in [3.05, 3.63) is 199 Å². The highest BCUT2D eigenvalue weighted by molar-refractivity contribution is 6.16. The quantitative estimate of drug-likeness (QED) is 0.196. The lowest BCUT2D eigenvalue weighted by Crippen LogP contribution is -2.15. The molecule has 8 aromatic carbocycles. The molecule has 1 unspecified atom stereocenters. The van der Waals surface area contributed by atoms with Crippen molar-refractivity contribution in [2.75, 3.05) is 4.90 Å². The van der Waals surface area contributed by atoms with Crippen molar-refractivity contribution in [3.63, 3.8) is 0 Å². The summed E-state index contributed by atoms with van der Waals surface area (Å²) in [6, 6.07) is 65.1. The van der Waals surface area contributed by atoms with Crippen molar-refractivity contribution in [3.8, 4) is 22.3 Å². The van der Waals surface area contributed by atoms with Gasteiger partial charge in [0.05, 0.1) is 11.4 Å². The first-order chi connectivity index (χ1) is 24.8. The minimum absolute atomic E-state index is 0.204. The number of nitrogens with one attached hydrogen (secondary N) is 1. The van der Waals surface area contributed by atoms with E-state index < -0.39 is 0 Å². The predicted octanol–water partition coefficient (Wildman–Crippen LogP) is 12.3. The van der Waals surface area contributed by atoms with Gasteiger partial charge in [-0.05, 0) is 75.5 Å². The molecule has 1 aliphatic carbocycles. The fourth-order valence-electron chi connectivity index (χ4n) is 7.60. The molecule has 0 aromatic heterocycles. The van der Waals surface area contributed by atoms with Crippen LogP contribution in [0.2, 0.25) is 0 Å². The van der Waals surface area contributed by atoms with Crippen LogP contribution in [0.3, 0.4) is 0 Å². The predicted molar refractivity (Wildman–Crippen MR) is 207 cm³/mol. The van der Waals surface area contributed by atoms with E-state index in [0.29, 0.717) is 0 Å². The van der Waals surface area contributed by atoms with Crippen LogP contribution in [-0.2, 0) is 4.74 Å². The molecule has 1 heterocycles. The average Bonchev–Trinajstić information content (AvgIpc) is 3.76. The molecule has 1 N–H and O–H groups in total. The Kier molecular flexibility index (Phi) is 6.56. The average molecular weight is 641 g/mol. The van der Waals surface area contributed by atoms with Crippen molar-refractivity contribution < 1.29 is 4.74 Å². The van der Waals surface area contributed by atoms with Gasteiger partial charge in [0.15, 0.2) is 12.0 Å². The molecule has 0 bridgehead atoms. The first-order valence-corrected chi connectivity index (χ1v) is 17.1. The molecule has 50 heavy (non-hydrogen) atoms. The lowest BCUT2D eigenvalue weighted by molar-refractivity contribution is 0.175. The molecule has 0 saturated carbocycles. The number of benzene rings is 8. The maximum Gasteiger partial charge on any atom is 0.196 e. The maximum absolute atomic E-state index is 6.61. The first-order valence-electron chi connectivity index (χ1n) is 17.1. The highest BCUT2D eigenvalue weighted by Crippen LogP contribution is 2.51. The third kappa shape index (κ3) is 4.67. The van der Waals surface area contributed by atoms with Crippen LogP contribution in [0.25, 0.3) is 55.3 Å². The van der Waals surface area contributed by atoms with E-state index in [9.17, 15) is 0 Å². The summed E-state index contributed by atoms with van der Waals surface area (Å²) in [5, 5.41) is 8.58. The summed E-state index contributed by atoms with van der Waals surface area (Å²) in [5.74, 6) is 0.926. The molecule has 1 aliphatic heterocycles. The molecule has 0 fully saturated rings. The Morgan fingerprint density at radius 3 is 1.82 bits per heavy atom. The number of anilines is 3. The Hall–Kier alpha value is -6.58. The van der Waals surface area contributed by atoms with E-state index >= 15 is 0 Å². The van der Waals surface area contributed by atoms with E-state index in [1.54, 1.807) is 0 Å². The molecule has 0 spiro atoms. The van der Waals surface area contributed by atoms with Crippen LogP contribution in [0.5, 0.6) is 0 Å². The van der Waals surface area contributed by atoms with Crippen molar-refractivity contribution in [1.82, 2.24) is 5.32 Å². The van der Waals surface area contributed by atoms with Crippen LogP contribution in [-0.4, -0.2) is 0 Å². The SMILES string of the molecule is c1ccc(-c2ccc(N(c3ccc(-c4ccc5ccccc5c4)cc3)c3ccc4c5c(cccc35)C3=C4OC(c4ccccc4)N3)cc2)cc1. The third-order valence-corrected chi connectivity index (χ3v) is 10.1. The molecule has 3 nitrogen and oxygen atoms in total. The topological polar surface area (TPSA) is 24.5 Å². The van der Waals surface area contributed by atoms with Crippen LogP contribution in [0.15, 0.2) is 182 Å². The second-order valence-corrected chi connectivity index (χ2v) is 13.0. The van der Waals surface area contributed by atoms with E-state index in [4.69, 9.17) is 4.74 Å². The number of hydrogen-bond donors (Lipinski definition) is 1. The molecule has 2 aliphatic rings. The summed E-state index contributed by atoms with van der Waals surface area (Å²) in [5.41, 5.74) is 12.6. The summed E-state index contributed by atoms with van der Waals surface area (Å²) in [4.78, 5) is 2.38. The molecule has 236 valence electrons. The highest BCUT2D eigenvalue weighted by Gasteiger charge is 2.35. The summed E-state index contributed by atoms with van der Waals surface area (Å²) in [6.45, 7) is 0. The van der Waals surface area contributed by atoms with Gasteiger partial charge >= 0.3 is 0 Å². The number of fused-ring (bicyclic) bond motifs is 3. The second-order valence-electron chi connectivity index (χ2n) is 13.0. The van der Waals surface area contributed by atoms with E-state index in [1.807, 2.05) is 6.07 Å². The Labute approximate surface area is 291 Å². The molecule has 0 radical (unpaired) electrons. The van der Waals surface area contributed by atoms with Gasteiger partial charge in [-0.15, -0.1) is 0 Å². The summed E-state index contributed by atoms with van der Waals surface area (Å²) >= 11 is 0. The maximum atomic E-state index is 6.61. The van der Waals surface area contributed by atoms with E-state index in [0.717, 1.165) is 39.6 Å². The Bertz CT molecular complexity index is 2550. The highest BCUT2D eigenvalue weighted by atomic mass is 16.5. The zero-order valence-electron chi connectivity index (χ0n) is 27.3. The zero-order valence-corrected chi connectivity index (χ0v) is 27.3. The Balaban J connectivity index is 1.07. The standard InChI is InChI=1S/C47H32N2O/c1-3-10-31(11-4-1)33-20-24-38(25-21-33)49(39-26-22-34(23-27-39)37-19-18-32-12-7-8-15-36(32)30-37)43-29-28-42-44-40(43)16-9-17-41(44)45-46(42)50-47(48-45)35-13-5-2-6-14-35/h1-30,47-48H. The Morgan fingerprint density at radius 1 is 0.460 bits per heavy atom. The molecular weight excluding hydrogens is 609 g/mol. The van der Waals surface area contributed by atoms with Crippen molar-refractivity contribution in [1.29, 1.82) is 0 Å². The monoisotopic (exact) mass is 640 g/mol. The van der Waals surface area contributed by atoms with Gasteiger partial charge < -0.3 is 15.0 Å². The third-order valence-electron chi connectivity index (χ3n) is 10.1. The number of hydrogen-bond acceptors (Lipinski definition) is 3. The summed E-state index contributed by atoms with van der Waals surface area (Å²) in [7, 11) is 0. The zero-order chi connectivity index (χ0) is 33.0.